The number of aromatic nitrogens is 1. The van der Waals surface area contributed by atoms with Gasteiger partial charge in [-0.15, -0.1) is 0 Å². The highest BCUT2D eigenvalue weighted by Crippen LogP contribution is 2.21. The van der Waals surface area contributed by atoms with Gasteiger partial charge in [0.1, 0.15) is 11.4 Å². The van der Waals surface area contributed by atoms with Crippen LogP contribution in [-0.4, -0.2) is 23.5 Å². The van der Waals surface area contributed by atoms with Crippen LogP contribution < -0.4 is 15.4 Å². The van der Waals surface area contributed by atoms with Crippen LogP contribution in [0.2, 0.25) is 0 Å². The van der Waals surface area contributed by atoms with Gasteiger partial charge in [-0.1, -0.05) is 30.3 Å². The van der Waals surface area contributed by atoms with Crippen LogP contribution in [-0.2, 0) is 6.42 Å². The molecule has 0 aliphatic rings. The molecule has 2 N–H and O–H groups in total. The molecule has 0 aliphatic carbocycles. The fourth-order valence-corrected chi connectivity index (χ4v) is 2.74. The molecule has 144 valence electrons. The van der Waals surface area contributed by atoms with E-state index in [1.54, 1.807) is 12.3 Å². The summed E-state index contributed by atoms with van der Waals surface area (Å²) >= 11 is 0. The van der Waals surface area contributed by atoms with Crippen molar-refractivity contribution in [3.05, 3.63) is 84.2 Å². The molecule has 5 heteroatoms. The second-order valence-corrected chi connectivity index (χ2v) is 6.74. The van der Waals surface area contributed by atoms with Crippen molar-refractivity contribution in [3.8, 4) is 5.75 Å². The molecule has 0 spiro atoms. The molecule has 2 aromatic carbocycles. The summed E-state index contributed by atoms with van der Waals surface area (Å²) in [5.41, 5.74) is 3.30. The van der Waals surface area contributed by atoms with Crippen LogP contribution in [0.5, 0.6) is 5.75 Å². The standard InChI is InChI=1S/C23H25N3O2/c1-17(2)28-21-10-8-19(9-11-21)26-20-13-15-24-22(16-20)23(27)25-14-12-18-6-4-3-5-7-18/h3-11,13,15-17H,12,14H2,1-2H3,(H,24,26)(H,25,27). The highest BCUT2D eigenvalue weighted by Gasteiger charge is 2.08. The van der Waals surface area contributed by atoms with E-state index < -0.39 is 0 Å². The molecule has 3 rings (SSSR count). The zero-order valence-corrected chi connectivity index (χ0v) is 16.2. The number of hydrogen-bond donors (Lipinski definition) is 2. The van der Waals surface area contributed by atoms with Gasteiger partial charge in [-0.05, 0) is 62.2 Å². The summed E-state index contributed by atoms with van der Waals surface area (Å²) in [5, 5.41) is 6.20. The van der Waals surface area contributed by atoms with E-state index in [0.717, 1.165) is 23.5 Å². The van der Waals surface area contributed by atoms with Crippen molar-refractivity contribution < 1.29 is 9.53 Å². The topological polar surface area (TPSA) is 63.2 Å². The molecule has 0 atom stereocenters. The maximum Gasteiger partial charge on any atom is 0.269 e. The molecule has 1 amide bonds. The fourth-order valence-electron chi connectivity index (χ4n) is 2.74. The maximum absolute atomic E-state index is 12.4. The Hall–Kier alpha value is -3.34. The van der Waals surface area contributed by atoms with E-state index in [1.165, 1.54) is 5.56 Å². The normalized spacial score (nSPS) is 10.5. The number of benzene rings is 2. The average molecular weight is 375 g/mol. The number of ether oxygens (including phenoxy) is 1. The van der Waals surface area contributed by atoms with Crippen LogP contribution in [0.3, 0.4) is 0 Å². The van der Waals surface area contributed by atoms with Crippen LogP contribution in [0.4, 0.5) is 11.4 Å². The summed E-state index contributed by atoms with van der Waals surface area (Å²) in [6.45, 7) is 4.56. The first-order chi connectivity index (χ1) is 13.6. The summed E-state index contributed by atoms with van der Waals surface area (Å²) in [6.07, 6.45) is 2.56. The van der Waals surface area contributed by atoms with Crippen LogP contribution in [0.15, 0.2) is 72.9 Å². The van der Waals surface area contributed by atoms with E-state index in [1.807, 2.05) is 74.5 Å². The number of carbonyl (C=O) groups excluding carboxylic acids is 1. The van der Waals surface area contributed by atoms with E-state index in [-0.39, 0.29) is 12.0 Å². The zero-order valence-electron chi connectivity index (χ0n) is 16.2. The Kier molecular flexibility index (Phi) is 6.63. The van der Waals surface area contributed by atoms with Gasteiger partial charge in [0, 0.05) is 24.1 Å². The summed E-state index contributed by atoms with van der Waals surface area (Å²) in [6, 6.07) is 21.4. The Morgan fingerprint density at radius 2 is 1.75 bits per heavy atom. The number of carbonyl (C=O) groups is 1. The van der Waals surface area contributed by atoms with Crippen LogP contribution in [0, 0.1) is 0 Å². The second kappa shape index (κ2) is 9.55. The molecule has 28 heavy (non-hydrogen) atoms. The molecule has 0 saturated heterocycles. The first kappa shape index (κ1) is 19.4. The average Bonchev–Trinajstić information content (AvgIpc) is 2.70. The monoisotopic (exact) mass is 375 g/mol. The van der Waals surface area contributed by atoms with E-state index in [2.05, 4.69) is 15.6 Å². The smallest absolute Gasteiger partial charge is 0.269 e. The molecule has 0 fully saturated rings. The molecular weight excluding hydrogens is 350 g/mol. The minimum absolute atomic E-state index is 0.141. The van der Waals surface area contributed by atoms with Gasteiger partial charge in [0.2, 0.25) is 0 Å². The Labute approximate surface area is 165 Å². The van der Waals surface area contributed by atoms with Gasteiger partial charge in [0.25, 0.3) is 5.91 Å². The van der Waals surface area contributed by atoms with Crippen molar-refractivity contribution in [1.29, 1.82) is 0 Å². The van der Waals surface area contributed by atoms with Gasteiger partial charge in [-0.2, -0.15) is 0 Å². The second-order valence-electron chi connectivity index (χ2n) is 6.74. The Morgan fingerprint density at radius 1 is 1.00 bits per heavy atom. The molecule has 5 nitrogen and oxygen atoms in total. The predicted octanol–water partition coefficient (Wildman–Crippen LogP) is 4.58. The molecule has 1 aromatic heterocycles. The third kappa shape index (κ3) is 5.84. The number of hydrogen-bond acceptors (Lipinski definition) is 4. The van der Waals surface area contributed by atoms with Gasteiger partial charge in [0.05, 0.1) is 6.10 Å². The minimum atomic E-state index is -0.180. The lowest BCUT2D eigenvalue weighted by atomic mass is 10.1. The van der Waals surface area contributed by atoms with E-state index in [9.17, 15) is 4.79 Å². The number of nitrogens with zero attached hydrogens (tertiary/aromatic N) is 1. The molecule has 0 aliphatic heterocycles. The maximum atomic E-state index is 12.4. The van der Waals surface area contributed by atoms with Crippen molar-refractivity contribution in [3.63, 3.8) is 0 Å². The van der Waals surface area contributed by atoms with Crippen molar-refractivity contribution in [1.82, 2.24) is 10.3 Å². The predicted molar refractivity (Wildman–Crippen MR) is 112 cm³/mol. The molecule has 0 bridgehead atoms. The van der Waals surface area contributed by atoms with Gasteiger partial charge >= 0.3 is 0 Å². The third-order valence-electron chi connectivity index (χ3n) is 4.05. The lowest BCUT2D eigenvalue weighted by molar-refractivity contribution is 0.0949. The van der Waals surface area contributed by atoms with Crippen molar-refractivity contribution >= 4 is 17.3 Å². The number of rotatable bonds is 8. The Balaban J connectivity index is 1.56. The molecule has 0 unspecified atom stereocenters. The van der Waals surface area contributed by atoms with E-state index in [0.29, 0.717) is 12.2 Å². The third-order valence-corrected chi connectivity index (χ3v) is 4.05. The lowest BCUT2D eigenvalue weighted by Gasteiger charge is -2.11. The van der Waals surface area contributed by atoms with E-state index in [4.69, 9.17) is 4.74 Å². The van der Waals surface area contributed by atoms with Crippen molar-refractivity contribution in [2.45, 2.75) is 26.4 Å². The summed E-state index contributed by atoms with van der Waals surface area (Å²) in [4.78, 5) is 16.6. The summed E-state index contributed by atoms with van der Waals surface area (Å²) in [5.74, 6) is 0.647. The summed E-state index contributed by atoms with van der Waals surface area (Å²) < 4.78 is 5.65. The van der Waals surface area contributed by atoms with Gasteiger partial charge in [-0.3, -0.25) is 9.78 Å². The first-order valence-corrected chi connectivity index (χ1v) is 9.42. The zero-order chi connectivity index (χ0) is 19.8. The Morgan fingerprint density at radius 3 is 2.46 bits per heavy atom. The minimum Gasteiger partial charge on any atom is -0.491 e. The van der Waals surface area contributed by atoms with Crippen molar-refractivity contribution in [2.75, 3.05) is 11.9 Å². The fraction of sp³-hybridized carbons (Fsp3) is 0.217. The number of nitrogens with one attached hydrogen (secondary N) is 2. The van der Waals surface area contributed by atoms with Gasteiger partial charge < -0.3 is 15.4 Å². The van der Waals surface area contributed by atoms with Gasteiger partial charge in [0.15, 0.2) is 0 Å². The summed E-state index contributed by atoms with van der Waals surface area (Å²) in [7, 11) is 0. The number of pyridine rings is 1. The highest BCUT2D eigenvalue weighted by molar-refractivity contribution is 5.93. The number of anilines is 2. The lowest BCUT2D eigenvalue weighted by Crippen LogP contribution is -2.26. The first-order valence-electron chi connectivity index (χ1n) is 9.42. The van der Waals surface area contributed by atoms with Gasteiger partial charge in [-0.25, -0.2) is 0 Å². The van der Waals surface area contributed by atoms with Crippen LogP contribution >= 0.6 is 0 Å². The largest absolute Gasteiger partial charge is 0.491 e. The van der Waals surface area contributed by atoms with Crippen LogP contribution in [0.25, 0.3) is 0 Å². The van der Waals surface area contributed by atoms with E-state index >= 15 is 0 Å². The molecule has 3 aromatic rings. The molecule has 1 heterocycles. The molecule has 0 radical (unpaired) electrons. The quantitative estimate of drug-likeness (QED) is 0.605. The number of amides is 1. The molecule has 0 saturated carbocycles. The highest BCUT2D eigenvalue weighted by atomic mass is 16.5. The van der Waals surface area contributed by atoms with Crippen molar-refractivity contribution in [2.24, 2.45) is 0 Å². The Bertz CT molecular complexity index is 893. The SMILES string of the molecule is CC(C)Oc1ccc(Nc2ccnc(C(=O)NCCc3ccccc3)c2)cc1. The van der Waals surface area contributed by atoms with Crippen LogP contribution in [0.1, 0.15) is 29.9 Å². The molecular formula is C23H25N3O2.